The molecule has 0 radical (unpaired) electrons. The first-order valence-electron chi connectivity index (χ1n) is 6.53. The number of nitrogens with one attached hydrogen (secondary N) is 1. The Labute approximate surface area is 114 Å². The topological polar surface area (TPSA) is 62.2 Å². The van der Waals surface area contributed by atoms with Gasteiger partial charge < -0.3 is 10.4 Å². The van der Waals surface area contributed by atoms with E-state index in [1.165, 1.54) is 6.20 Å². The van der Waals surface area contributed by atoms with Crippen molar-refractivity contribution in [2.45, 2.75) is 39.2 Å². The zero-order chi connectivity index (χ0) is 14.1. The molecule has 4 heteroatoms. The minimum atomic E-state index is -0.204. The molecule has 0 saturated carbocycles. The summed E-state index contributed by atoms with van der Waals surface area (Å²) in [6, 6.07) is 1.83. The van der Waals surface area contributed by atoms with Crippen LogP contribution in [0.15, 0.2) is 18.5 Å². The van der Waals surface area contributed by atoms with Gasteiger partial charge in [-0.2, -0.15) is 0 Å². The lowest BCUT2D eigenvalue weighted by Crippen LogP contribution is -2.32. The fourth-order valence-corrected chi connectivity index (χ4v) is 1.66. The summed E-state index contributed by atoms with van der Waals surface area (Å²) in [6.45, 7) is 3.92. The molecule has 1 unspecified atom stereocenters. The summed E-state index contributed by atoms with van der Waals surface area (Å²) in [5, 5.41) is 11.6. The molecule has 0 aromatic carbocycles. The molecule has 0 fully saturated rings. The van der Waals surface area contributed by atoms with Crippen LogP contribution >= 0.6 is 0 Å². The molecule has 1 rings (SSSR count). The third-order valence-corrected chi connectivity index (χ3v) is 2.68. The Morgan fingerprint density at radius 3 is 3.00 bits per heavy atom. The second kappa shape index (κ2) is 8.28. The van der Waals surface area contributed by atoms with Crippen molar-refractivity contribution >= 4 is 5.91 Å². The predicted octanol–water partition coefficient (Wildman–Crippen LogP) is 1.73. The quantitative estimate of drug-likeness (QED) is 0.793. The first-order valence-corrected chi connectivity index (χ1v) is 6.53. The number of amides is 1. The van der Waals surface area contributed by atoms with Crippen molar-refractivity contribution in [1.82, 2.24) is 10.3 Å². The Kier molecular flexibility index (Phi) is 6.62. The molecular weight excluding hydrogens is 240 g/mol. The van der Waals surface area contributed by atoms with E-state index in [4.69, 9.17) is 5.11 Å². The van der Waals surface area contributed by atoms with E-state index in [2.05, 4.69) is 29.1 Å². The Hall–Kier alpha value is -1.86. The lowest BCUT2D eigenvalue weighted by atomic mass is 10.1. The molecule has 2 N–H and O–H groups in total. The molecular formula is C15H20N2O2. The number of aliphatic hydroxyl groups is 1. The van der Waals surface area contributed by atoms with Crippen LogP contribution in [0.25, 0.3) is 0 Å². The molecule has 0 spiro atoms. The van der Waals surface area contributed by atoms with Gasteiger partial charge in [-0.3, -0.25) is 9.78 Å². The van der Waals surface area contributed by atoms with E-state index < -0.39 is 0 Å². The number of hydrogen-bond donors (Lipinski definition) is 2. The van der Waals surface area contributed by atoms with Gasteiger partial charge in [-0.15, -0.1) is 0 Å². The van der Waals surface area contributed by atoms with Gasteiger partial charge in [0, 0.05) is 24.0 Å². The molecule has 102 valence electrons. The van der Waals surface area contributed by atoms with Gasteiger partial charge in [-0.25, -0.2) is 0 Å². The highest BCUT2D eigenvalue weighted by atomic mass is 16.2. The maximum atomic E-state index is 12.0. The molecule has 4 nitrogen and oxygen atoms in total. The molecule has 1 heterocycles. The van der Waals surface area contributed by atoms with Crippen LogP contribution in [0.2, 0.25) is 0 Å². The van der Waals surface area contributed by atoms with Gasteiger partial charge >= 0.3 is 0 Å². The lowest BCUT2D eigenvalue weighted by molar-refractivity contribution is 0.0937. The SMILES string of the molecule is CCCCC(C)NC(=O)c1cncc(C#CCO)c1. The highest BCUT2D eigenvalue weighted by molar-refractivity contribution is 5.94. The van der Waals surface area contributed by atoms with Crippen LogP contribution in [0, 0.1) is 11.8 Å². The van der Waals surface area contributed by atoms with Crippen molar-refractivity contribution in [3.63, 3.8) is 0 Å². The van der Waals surface area contributed by atoms with Crippen LogP contribution in [0.4, 0.5) is 0 Å². The van der Waals surface area contributed by atoms with Crippen molar-refractivity contribution in [1.29, 1.82) is 0 Å². The van der Waals surface area contributed by atoms with E-state index in [9.17, 15) is 4.79 Å². The van der Waals surface area contributed by atoms with Gasteiger partial charge in [0.25, 0.3) is 5.91 Å². The standard InChI is InChI=1S/C15H20N2O2/c1-3-4-6-12(2)17-15(19)14-9-13(7-5-8-18)10-16-11-14/h9-12,18H,3-4,6,8H2,1-2H3,(H,17,19). The molecule has 1 atom stereocenters. The van der Waals surface area contributed by atoms with E-state index in [1.807, 2.05) is 6.92 Å². The largest absolute Gasteiger partial charge is 0.384 e. The monoisotopic (exact) mass is 260 g/mol. The number of hydrogen-bond acceptors (Lipinski definition) is 3. The van der Waals surface area contributed by atoms with E-state index >= 15 is 0 Å². The normalized spacial score (nSPS) is 11.3. The maximum absolute atomic E-state index is 12.0. The van der Waals surface area contributed by atoms with E-state index in [0.29, 0.717) is 11.1 Å². The van der Waals surface area contributed by atoms with Crippen LogP contribution in [-0.2, 0) is 0 Å². The van der Waals surface area contributed by atoms with Crippen molar-refractivity contribution in [3.05, 3.63) is 29.6 Å². The minimum absolute atomic E-state index is 0.135. The maximum Gasteiger partial charge on any atom is 0.253 e. The fourth-order valence-electron chi connectivity index (χ4n) is 1.66. The molecule has 0 aliphatic heterocycles. The highest BCUT2D eigenvalue weighted by Gasteiger charge is 2.09. The molecule has 0 bridgehead atoms. The Morgan fingerprint density at radius 2 is 2.32 bits per heavy atom. The van der Waals surface area contributed by atoms with E-state index in [0.717, 1.165) is 19.3 Å². The van der Waals surface area contributed by atoms with Crippen molar-refractivity contribution < 1.29 is 9.90 Å². The van der Waals surface area contributed by atoms with Gasteiger partial charge in [0.15, 0.2) is 0 Å². The number of aliphatic hydroxyl groups excluding tert-OH is 1. The smallest absolute Gasteiger partial charge is 0.253 e. The molecule has 19 heavy (non-hydrogen) atoms. The number of carbonyl (C=O) groups is 1. The summed E-state index contributed by atoms with van der Waals surface area (Å²) in [7, 11) is 0. The zero-order valence-electron chi connectivity index (χ0n) is 11.4. The summed E-state index contributed by atoms with van der Waals surface area (Å²) >= 11 is 0. The van der Waals surface area contributed by atoms with Crippen molar-refractivity contribution in [3.8, 4) is 11.8 Å². The zero-order valence-corrected chi connectivity index (χ0v) is 11.4. The first kappa shape index (κ1) is 15.2. The number of aromatic nitrogens is 1. The van der Waals surface area contributed by atoms with Gasteiger partial charge in [0.2, 0.25) is 0 Å². The van der Waals surface area contributed by atoms with Crippen LogP contribution < -0.4 is 5.32 Å². The van der Waals surface area contributed by atoms with Crippen molar-refractivity contribution in [2.24, 2.45) is 0 Å². The lowest BCUT2D eigenvalue weighted by Gasteiger charge is -2.13. The second-order valence-corrected chi connectivity index (χ2v) is 4.44. The number of rotatable bonds is 5. The third-order valence-electron chi connectivity index (χ3n) is 2.68. The second-order valence-electron chi connectivity index (χ2n) is 4.44. The third kappa shape index (κ3) is 5.54. The van der Waals surface area contributed by atoms with Crippen LogP contribution in [0.5, 0.6) is 0 Å². The Balaban J connectivity index is 2.66. The molecule has 0 aliphatic rings. The van der Waals surface area contributed by atoms with E-state index in [1.54, 1.807) is 12.3 Å². The molecule has 1 amide bonds. The molecule has 1 aromatic heterocycles. The average Bonchev–Trinajstić information content (AvgIpc) is 2.43. The highest BCUT2D eigenvalue weighted by Crippen LogP contribution is 2.04. The van der Waals surface area contributed by atoms with Gasteiger partial charge in [-0.05, 0) is 19.4 Å². The summed E-state index contributed by atoms with van der Waals surface area (Å²) in [6.07, 6.45) is 6.28. The predicted molar refractivity (Wildman–Crippen MR) is 74.7 cm³/mol. The summed E-state index contributed by atoms with van der Waals surface area (Å²) in [5.74, 6) is 5.13. The van der Waals surface area contributed by atoms with E-state index in [-0.39, 0.29) is 18.6 Å². The van der Waals surface area contributed by atoms with Crippen LogP contribution in [0.1, 0.15) is 49.0 Å². The van der Waals surface area contributed by atoms with Gasteiger partial charge in [-0.1, -0.05) is 31.6 Å². The van der Waals surface area contributed by atoms with Crippen LogP contribution in [-0.4, -0.2) is 28.6 Å². The number of carbonyl (C=O) groups excluding carboxylic acids is 1. The van der Waals surface area contributed by atoms with Gasteiger partial charge in [0.1, 0.15) is 6.61 Å². The number of pyridine rings is 1. The average molecular weight is 260 g/mol. The van der Waals surface area contributed by atoms with Crippen molar-refractivity contribution in [2.75, 3.05) is 6.61 Å². The number of nitrogens with zero attached hydrogens (tertiary/aromatic N) is 1. The fraction of sp³-hybridized carbons (Fsp3) is 0.467. The Morgan fingerprint density at radius 1 is 1.53 bits per heavy atom. The van der Waals surface area contributed by atoms with Crippen LogP contribution in [0.3, 0.4) is 0 Å². The molecule has 1 aromatic rings. The number of unbranched alkanes of at least 4 members (excludes halogenated alkanes) is 1. The molecule has 0 saturated heterocycles. The Bertz CT molecular complexity index is 475. The first-order chi connectivity index (χ1) is 9.17. The molecule has 0 aliphatic carbocycles. The summed E-state index contributed by atoms with van der Waals surface area (Å²) in [4.78, 5) is 16.0. The minimum Gasteiger partial charge on any atom is -0.384 e. The summed E-state index contributed by atoms with van der Waals surface area (Å²) < 4.78 is 0. The summed E-state index contributed by atoms with van der Waals surface area (Å²) in [5.41, 5.74) is 1.12. The van der Waals surface area contributed by atoms with Gasteiger partial charge in [0.05, 0.1) is 5.56 Å².